The minimum Gasteiger partial charge on any atom is -0.325 e. The first-order chi connectivity index (χ1) is 15.6. The fourth-order valence-corrected chi connectivity index (χ4v) is 4.46. The van der Waals surface area contributed by atoms with Crippen LogP contribution in [0.15, 0.2) is 76.8 Å². The minimum absolute atomic E-state index is 0.252. The van der Waals surface area contributed by atoms with Crippen molar-refractivity contribution < 1.29 is 9.18 Å². The molecule has 0 fully saturated rings. The highest BCUT2D eigenvalue weighted by atomic mass is 32.2. The van der Waals surface area contributed by atoms with E-state index in [1.807, 2.05) is 24.4 Å². The molecule has 5 rings (SSSR count). The molecule has 1 aliphatic heterocycles. The smallest absolute Gasteiger partial charge is 0.267 e. The van der Waals surface area contributed by atoms with E-state index in [2.05, 4.69) is 20.0 Å². The van der Waals surface area contributed by atoms with Crippen LogP contribution in [0.5, 0.6) is 0 Å². The zero-order chi connectivity index (χ0) is 22.1. The van der Waals surface area contributed by atoms with Crippen LogP contribution in [-0.2, 0) is 17.9 Å². The molecule has 160 valence electrons. The average Bonchev–Trinajstić information content (AvgIpc) is 3.39. The average molecular weight is 447 g/mol. The number of amides is 1. The van der Waals surface area contributed by atoms with Crippen molar-refractivity contribution in [3.05, 3.63) is 83.0 Å². The summed E-state index contributed by atoms with van der Waals surface area (Å²) in [6.45, 7) is 0.665. The Morgan fingerprint density at radius 2 is 1.88 bits per heavy atom. The number of fused-ring (bicyclic) bond motifs is 1. The monoisotopic (exact) mass is 447 g/mol. The summed E-state index contributed by atoms with van der Waals surface area (Å²) >= 11 is 1.70. The molecule has 1 N–H and O–H groups in total. The van der Waals surface area contributed by atoms with Crippen molar-refractivity contribution in [3.8, 4) is 22.5 Å². The van der Waals surface area contributed by atoms with E-state index in [1.165, 1.54) is 18.2 Å². The topological polar surface area (TPSA) is 81.8 Å². The van der Waals surface area contributed by atoms with Crippen molar-refractivity contribution in [1.29, 1.82) is 0 Å². The Bertz CT molecular complexity index is 1340. The second-order valence-electron chi connectivity index (χ2n) is 7.27. The standard InChI is InChI=1S/C23H18FN5O2S/c24-16-7-5-15(6-8-16)18-9-10-22(31)29(27-18)14-21(30)25-19-4-2-1-3-17(19)20-13-28-11-12-32-23(28)26-20/h1-10,13H,11-12,14H2,(H,25,30). The second kappa shape index (κ2) is 8.43. The maximum absolute atomic E-state index is 13.2. The summed E-state index contributed by atoms with van der Waals surface area (Å²) in [6.07, 6.45) is 1.98. The number of rotatable bonds is 5. The van der Waals surface area contributed by atoms with Gasteiger partial charge in [0, 0.05) is 35.7 Å². The summed E-state index contributed by atoms with van der Waals surface area (Å²) < 4.78 is 16.4. The maximum Gasteiger partial charge on any atom is 0.267 e. The van der Waals surface area contributed by atoms with Crippen molar-refractivity contribution in [2.75, 3.05) is 11.1 Å². The molecule has 0 saturated heterocycles. The number of nitrogens with zero attached hydrogens (tertiary/aromatic N) is 4. The van der Waals surface area contributed by atoms with Gasteiger partial charge in [0.2, 0.25) is 5.91 Å². The molecule has 2 aromatic heterocycles. The quantitative estimate of drug-likeness (QED) is 0.505. The van der Waals surface area contributed by atoms with E-state index in [0.717, 1.165) is 33.4 Å². The van der Waals surface area contributed by atoms with Gasteiger partial charge in [-0.2, -0.15) is 5.10 Å². The highest BCUT2D eigenvalue weighted by Gasteiger charge is 2.18. The van der Waals surface area contributed by atoms with Gasteiger partial charge in [0.25, 0.3) is 5.56 Å². The molecule has 0 saturated carbocycles. The zero-order valence-electron chi connectivity index (χ0n) is 16.9. The Balaban J connectivity index is 1.37. The maximum atomic E-state index is 13.2. The van der Waals surface area contributed by atoms with Crippen LogP contribution in [0.3, 0.4) is 0 Å². The predicted octanol–water partition coefficient (Wildman–Crippen LogP) is 3.66. The van der Waals surface area contributed by atoms with E-state index in [9.17, 15) is 14.0 Å². The van der Waals surface area contributed by atoms with Gasteiger partial charge in [-0.25, -0.2) is 14.1 Å². The van der Waals surface area contributed by atoms with Gasteiger partial charge >= 0.3 is 0 Å². The van der Waals surface area contributed by atoms with Gasteiger partial charge in [0.05, 0.1) is 17.1 Å². The number of anilines is 1. The van der Waals surface area contributed by atoms with Crippen LogP contribution in [0.4, 0.5) is 10.1 Å². The summed E-state index contributed by atoms with van der Waals surface area (Å²) in [5, 5.41) is 8.11. The number of thioether (sulfide) groups is 1. The molecule has 4 aromatic rings. The Morgan fingerprint density at radius 3 is 2.69 bits per heavy atom. The molecule has 0 atom stereocenters. The highest BCUT2D eigenvalue weighted by Crippen LogP contribution is 2.32. The molecule has 0 aliphatic carbocycles. The van der Waals surface area contributed by atoms with E-state index >= 15 is 0 Å². The van der Waals surface area contributed by atoms with Crippen LogP contribution in [0.2, 0.25) is 0 Å². The number of carbonyl (C=O) groups is 1. The number of para-hydroxylation sites is 1. The van der Waals surface area contributed by atoms with Crippen LogP contribution in [0.1, 0.15) is 0 Å². The van der Waals surface area contributed by atoms with E-state index in [1.54, 1.807) is 36.0 Å². The number of aryl methyl sites for hydroxylation is 1. The Kier molecular flexibility index (Phi) is 5.32. The Morgan fingerprint density at radius 1 is 1.06 bits per heavy atom. The second-order valence-corrected chi connectivity index (χ2v) is 8.33. The lowest BCUT2D eigenvalue weighted by molar-refractivity contribution is -0.117. The molecule has 0 radical (unpaired) electrons. The van der Waals surface area contributed by atoms with E-state index in [4.69, 9.17) is 0 Å². The van der Waals surface area contributed by atoms with E-state index in [0.29, 0.717) is 16.9 Å². The van der Waals surface area contributed by atoms with Crippen molar-refractivity contribution >= 4 is 23.4 Å². The van der Waals surface area contributed by atoms with Gasteiger partial charge in [-0.3, -0.25) is 9.59 Å². The largest absolute Gasteiger partial charge is 0.325 e. The number of halogens is 1. The first-order valence-corrected chi connectivity index (χ1v) is 11.0. The molecule has 0 bridgehead atoms. The van der Waals surface area contributed by atoms with Crippen LogP contribution < -0.4 is 10.9 Å². The molecule has 32 heavy (non-hydrogen) atoms. The number of carbonyl (C=O) groups excluding carboxylic acids is 1. The minimum atomic E-state index is -0.401. The van der Waals surface area contributed by atoms with Crippen LogP contribution >= 0.6 is 11.8 Å². The number of nitrogens with one attached hydrogen (secondary N) is 1. The molecule has 0 spiro atoms. The normalized spacial score (nSPS) is 12.5. The Hall–Kier alpha value is -3.72. The van der Waals surface area contributed by atoms with Crippen LogP contribution in [-0.4, -0.2) is 31.0 Å². The summed E-state index contributed by atoms with van der Waals surface area (Å²) in [4.78, 5) is 29.7. The molecule has 1 aliphatic rings. The molecule has 0 unspecified atom stereocenters. The Labute approximate surface area is 186 Å². The summed E-state index contributed by atoms with van der Waals surface area (Å²) in [5.41, 5.74) is 2.93. The lowest BCUT2D eigenvalue weighted by Crippen LogP contribution is -2.29. The lowest BCUT2D eigenvalue weighted by atomic mass is 10.1. The fraction of sp³-hybridized carbons (Fsp3) is 0.130. The molecule has 7 nitrogen and oxygen atoms in total. The molecule has 1 amide bonds. The van der Waals surface area contributed by atoms with Gasteiger partial charge in [-0.05, 0) is 36.4 Å². The summed E-state index contributed by atoms with van der Waals surface area (Å²) in [6, 6.07) is 16.1. The number of benzene rings is 2. The highest BCUT2D eigenvalue weighted by molar-refractivity contribution is 7.99. The summed E-state index contributed by atoms with van der Waals surface area (Å²) in [7, 11) is 0. The SMILES string of the molecule is O=C(Cn1nc(-c2ccc(F)cc2)ccc1=O)Nc1ccccc1-c1cn2c(n1)SCC2. The van der Waals surface area contributed by atoms with Crippen molar-refractivity contribution in [3.63, 3.8) is 0 Å². The molecular formula is C23H18FN5O2S. The summed E-state index contributed by atoms with van der Waals surface area (Å²) in [5.74, 6) is 0.269. The van der Waals surface area contributed by atoms with Gasteiger partial charge in [-0.15, -0.1) is 0 Å². The van der Waals surface area contributed by atoms with Crippen LogP contribution in [0, 0.1) is 5.82 Å². The number of aromatic nitrogens is 4. The third kappa shape index (κ3) is 4.06. The zero-order valence-corrected chi connectivity index (χ0v) is 17.7. The van der Waals surface area contributed by atoms with Crippen molar-refractivity contribution in [1.82, 2.24) is 19.3 Å². The number of hydrogen-bond acceptors (Lipinski definition) is 5. The lowest BCUT2D eigenvalue weighted by Gasteiger charge is -2.11. The van der Waals surface area contributed by atoms with Crippen LogP contribution in [0.25, 0.3) is 22.5 Å². The van der Waals surface area contributed by atoms with Gasteiger partial charge in [0.15, 0.2) is 5.16 Å². The third-order valence-corrected chi connectivity index (χ3v) is 6.05. The predicted molar refractivity (Wildman–Crippen MR) is 121 cm³/mol. The fourth-order valence-electron chi connectivity index (χ4n) is 3.52. The molecule has 3 heterocycles. The van der Waals surface area contributed by atoms with Gasteiger partial charge in [-0.1, -0.05) is 30.0 Å². The van der Waals surface area contributed by atoms with Crippen molar-refractivity contribution in [2.24, 2.45) is 0 Å². The molecular weight excluding hydrogens is 429 g/mol. The van der Waals surface area contributed by atoms with E-state index < -0.39 is 5.56 Å². The first-order valence-electron chi connectivity index (χ1n) is 10.0. The van der Waals surface area contributed by atoms with Crippen molar-refractivity contribution in [2.45, 2.75) is 18.2 Å². The first kappa shape index (κ1) is 20.2. The number of hydrogen-bond donors (Lipinski definition) is 1. The number of imidazole rings is 1. The van der Waals surface area contributed by atoms with E-state index in [-0.39, 0.29) is 18.3 Å². The third-order valence-electron chi connectivity index (χ3n) is 5.08. The van der Waals surface area contributed by atoms with Gasteiger partial charge in [0.1, 0.15) is 12.4 Å². The molecule has 9 heteroatoms. The van der Waals surface area contributed by atoms with Gasteiger partial charge < -0.3 is 9.88 Å². The molecule has 2 aromatic carbocycles.